The molecule has 6 nitrogen and oxygen atoms in total. The van der Waals surface area contributed by atoms with E-state index in [1.807, 2.05) is 18.2 Å². The van der Waals surface area contributed by atoms with E-state index in [2.05, 4.69) is 22.5 Å². The molecule has 0 aliphatic heterocycles. The third-order valence-electron chi connectivity index (χ3n) is 3.80. The Hall–Kier alpha value is -1.22. The molecule has 1 aromatic rings. The summed E-state index contributed by atoms with van der Waals surface area (Å²) in [6, 6.07) is 5.84. The Kier molecular flexibility index (Phi) is 15.2. The number of hydrogen-bond acceptors (Lipinski definition) is 4. The molecule has 0 aliphatic rings. The molecule has 7 heteroatoms. The van der Waals surface area contributed by atoms with Crippen molar-refractivity contribution >= 4 is 29.9 Å². The van der Waals surface area contributed by atoms with Crippen molar-refractivity contribution in [3.63, 3.8) is 0 Å². The number of methoxy groups -OCH3 is 2. The summed E-state index contributed by atoms with van der Waals surface area (Å²) in [6.07, 6.45) is 4.09. The van der Waals surface area contributed by atoms with E-state index in [1.165, 1.54) is 6.42 Å². The summed E-state index contributed by atoms with van der Waals surface area (Å²) in [4.78, 5) is 4.24. The van der Waals surface area contributed by atoms with Crippen LogP contribution in [0, 0.1) is 0 Å². The average molecular weight is 479 g/mol. The van der Waals surface area contributed by atoms with Crippen molar-refractivity contribution in [2.45, 2.75) is 32.6 Å². The van der Waals surface area contributed by atoms with Crippen molar-refractivity contribution < 1.29 is 14.2 Å². The molecule has 0 aromatic heterocycles. The molecule has 1 aromatic carbocycles. The van der Waals surface area contributed by atoms with Crippen LogP contribution in [0.2, 0.25) is 0 Å². The lowest BCUT2D eigenvalue weighted by Gasteiger charge is -2.14. The molecule has 1 rings (SSSR count). The Balaban J connectivity index is 0.00000625. The lowest BCUT2D eigenvalue weighted by atomic mass is 10.1. The van der Waals surface area contributed by atoms with Crippen LogP contribution in [-0.4, -0.2) is 53.5 Å². The number of benzene rings is 1. The van der Waals surface area contributed by atoms with Gasteiger partial charge in [-0.3, -0.25) is 4.99 Å². The summed E-state index contributed by atoms with van der Waals surface area (Å²) < 4.78 is 16.2. The van der Waals surface area contributed by atoms with Crippen LogP contribution in [-0.2, 0) is 11.2 Å². The predicted molar refractivity (Wildman–Crippen MR) is 118 cm³/mol. The van der Waals surface area contributed by atoms with E-state index in [0.29, 0.717) is 0 Å². The van der Waals surface area contributed by atoms with Gasteiger partial charge in [-0.05, 0) is 43.0 Å². The van der Waals surface area contributed by atoms with Crippen LogP contribution in [0.1, 0.15) is 31.7 Å². The number of guanidine groups is 1. The fourth-order valence-electron chi connectivity index (χ4n) is 2.34. The highest BCUT2D eigenvalue weighted by molar-refractivity contribution is 14.0. The van der Waals surface area contributed by atoms with Crippen molar-refractivity contribution in [3.8, 4) is 11.5 Å². The Bertz CT molecular complexity index is 513. The van der Waals surface area contributed by atoms with Gasteiger partial charge in [-0.1, -0.05) is 13.3 Å². The molecule has 0 spiro atoms. The van der Waals surface area contributed by atoms with Crippen molar-refractivity contribution in [1.82, 2.24) is 10.6 Å². The number of unbranched alkanes of at least 4 members (excludes halogenated alkanes) is 1. The summed E-state index contributed by atoms with van der Waals surface area (Å²) >= 11 is 0. The summed E-state index contributed by atoms with van der Waals surface area (Å²) in [5, 5.41) is 6.62. The smallest absolute Gasteiger partial charge is 0.190 e. The summed E-state index contributed by atoms with van der Waals surface area (Å²) in [5.41, 5.74) is 1.11. The number of nitrogens with one attached hydrogen (secondary N) is 2. The highest BCUT2D eigenvalue weighted by Crippen LogP contribution is 2.24. The Morgan fingerprint density at radius 3 is 2.42 bits per heavy atom. The van der Waals surface area contributed by atoms with E-state index in [1.54, 1.807) is 21.3 Å². The quantitative estimate of drug-likeness (QED) is 0.209. The van der Waals surface area contributed by atoms with E-state index in [0.717, 1.165) is 68.6 Å². The minimum Gasteiger partial charge on any atom is -0.497 e. The number of aliphatic imine (C=N–C) groups is 1. The first-order valence-electron chi connectivity index (χ1n) is 8.98. The zero-order chi connectivity index (χ0) is 18.3. The molecule has 0 aliphatic carbocycles. The van der Waals surface area contributed by atoms with E-state index in [4.69, 9.17) is 14.2 Å². The van der Waals surface area contributed by atoms with Gasteiger partial charge in [0.25, 0.3) is 0 Å². The standard InChI is InChI=1S/C19H33N3O3.HI/c1-5-6-13-25-14-7-11-21-19(20-2)22-12-10-16-15-17(23-3)8-9-18(16)24-4;/h8-9,15H,5-7,10-14H2,1-4H3,(H2,20,21,22);1H. The highest BCUT2D eigenvalue weighted by Gasteiger charge is 2.05. The monoisotopic (exact) mass is 479 g/mol. The SMILES string of the molecule is CCCCOCCCNC(=NC)NCCc1cc(OC)ccc1OC.I. The van der Waals surface area contributed by atoms with Crippen LogP contribution in [0.3, 0.4) is 0 Å². The molecule has 0 fully saturated rings. The van der Waals surface area contributed by atoms with Crippen molar-refractivity contribution in [2.24, 2.45) is 4.99 Å². The second-order valence-corrected chi connectivity index (χ2v) is 5.67. The van der Waals surface area contributed by atoms with Gasteiger partial charge in [0.1, 0.15) is 11.5 Å². The van der Waals surface area contributed by atoms with E-state index in [-0.39, 0.29) is 24.0 Å². The van der Waals surface area contributed by atoms with Gasteiger partial charge in [0.05, 0.1) is 14.2 Å². The zero-order valence-corrected chi connectivity index (χ0v) is 18.8. The number of nitrogens with zero attached hydrogens (tertiary/aromatic N) is 1. The van der Waals surface area contributed by atoms with Crippen LogP contribution in [0.5, 0.6) is 11.5 Å². The fourth-order valence-corrected chi connectivity index (χ4v) is 2.34. The van der Waals surface area contributed by atoms with Crippen LogP contribution in [0.25, 0.3) is 0 Å². The summed E-state index contributed by atoms with van der Waals surface area (Å²) in [7, 11) is 5.13. The Morgan fingerprint density at radius 2 is 1.77 bits per heavy atom. The van der Waals surface area contributed by atoms with Gasteiger partial charge in [-0.25, -0.2) is 0 Å². The topological polar surface area (TPSA) is 64.1 Å². The summed E-state index contributed by atoms with van der Waals surface area (Å²) in [5.74, 6) is 2.51. The normalized spacial score (nSPS) is 10.8. The third-order valence-corrected chi connectivity index (χ3v) is 3.80. The maximum atomic E-state index is 5.55. The second kappa shape index (κ2) is 16.0. The molecule has 0 unspecified atom stereocenters. The minimum absolute atomic E-state index is 0. The van der Waals surface area contributed by atoms with Crippen molar-refractivity contribution in [1.29, 1.82) is 0 Å². The molecule has 0 amide bonds. The first-order valence-corrected chi connectivity index (χ1v) is 8.98. The van der Waals surface area contributed by atoms with Gasteiger partial charge in [0.15, 0.2) is 5.96 Å². The maximum Gasteiger partial charge on any atom is 0.190 e. The van der Waals surface area contributed by atoms with Gasteiger partial charge in [-0.2, -0.15) is 0 Å². The van der Waals surface area contributed by atoms with Gasteiger partial charge >= 0.3 is 0 Å². The molecule has 0 radical (unpaired) electrons. The molecule has 150 valence electrons. The molecular weight excluding hydrogens is 445 g/mol. The van der Waals surface area contributed by atoms with Crippen molar-refractivity contribution in [2.75, 3.05) is 47.6 Å². The average Bonchev–Trinajstić information content (AvgIpc) is 2.65. The molecule has 0 bridgehead atoms. The number of halogens is 1. The molecular formula is C19H34IN3O3. The van der Waals surface area contributed by atoms with E-state index in [9.17, 15) is 0 Å². The first kappa shape index (κ1) is 24.8. The van der Waals surface area contributed by atoms with Crippen molar-refractivity contribution in [3.05, 3.63) is 23.8 Å². The summed E-state index contributed by atoms with van der Waals surface area (Å²) in [6.45, 7) is 5.41. The van der Waals surface area contributed by atoms with Gasteiger partial charge in [-0.15, -0.1) is 24.0 Å². The van der Waals surface area contributed by atoms with Crippen LogP contribution in [0.4, 0.5) is 0 Å². The van der Waals surface area contributed by atoms with Crippen LogP contribution >= 0.6 is 24.0 Å². The molecule has 0 saturated heterocycles. The minimum atomic E-state index is 0. The maximum absolute atomic E-state index is 5.55. The van der Waals surface area contributed by atoms with E-state index < -0.39 is 0 Å². The largest absolute Gasteiger partial charge is 0.497 e. The lowest BCUT2D eigenvalue weighted by molar-refractivity contribution is 0.129. The molecule has 0 heterocycles. The fraction of sp³-hybridized carbons (Fsp3) is 0.632. The molecule has 0 saturated carbocycles. The second-order valence-electron chi connectivity index (χ2n) is 5.67. The Morgan fingerprint density at radius 1 is 1.04 bits per heavy atom. The molecule has 0 atom stereocenters. The van der Waals surface area contributed by atoms with Crippen LogP contribution < -0.4 is 20.1 Å². The number of rotatable bonds is 12. The third kappa shape index (κ3) is 10.1. The molecule has 26 heavy (non-hydrogen) atoms. The highest BCUT2D eigenvalue weighted by atomic mass is 127. The predicted octanol–water partition coefficient (Wildman–Crippen LogP) is 3.24. The zero-order valence-electron chi connectivity index (χ0n) is 16.5. The Labute approximate surface area is 175 Å². The lowest BCUT2D eigenvalue weighted by Crippen LogP contribution is -2.39. The first-order chi connectivity index (χ1) is 12.2. The number of hydrogen-bond donors (Lipinski definition) is 2. The molecule has 2 N–H and O–H groups in total. The number of ether oxygens (including phenoxy) is 3. The van der Waals surface area contributed by atoms with Gasteiger partial charge < -0.3 is 24.8 Å². The van der Waals surface area contributed by atoms with E-state index >= 15 is 0 Å². The van der Waals surface area contributed by atoms with Gasteiger partial charge in [0, 0.05) is 33.4 Å². The van der Waals surface area contributed by atoms with Gasteiger partial charge in [0.2, 0.25) is 0 Å². The van der Waals surface area contributed by atoms with Crippen LogP contribution in [0.15, 0.2) is 23.2 Å².